The maximum atomic E-state index is 12.9. The summed E-state index contributed by atoms with van der Waals surface area (Å²) in [7, 11) is 0. The summed E-state index contributed by atoms with van der Waals surface area (Å²) in [6.45, 7) is 5.39. The van der Waals surface area contributed by atoms with Gasteiger partial charge in [-0.2, -0.15) is 5.26 Å². The first-order valence-electron chi connectivity index (χ1n) is 11.9. The predicted molar refractivity (Wildman–Crippen MR) is 128 cm³/mol. The molecule has 1 saturated carbocycles. The topological polar surface area (TPSA) is 77.1 Å². The fourth-order valence-corrected chi connectivity index (χ4v) is 5.17. The minimum atomic E-state index is -0.633. The summed E-state index contributed by atoms with van der Waals surface area (Å²) in [5.74, 6) is -0.469. The molecule has 6 nitrogen and oxygen atoms in total. The first-order chi connectivity index (χ1) is 16.4. The van der Waals surface area contributed by atoms with Crippen LogP contribution in [0.3, 0.4) is 0 Å². The highest BCUT2D eigenvalue weighted by Gasteiger charge is 2.48. The summed E-state index contributed by atoms with van der Waals surface area (Å²) in [5, 5.41) is 9.99. The zero-order valence-corrected chi connectivity index (χ0v) is 19.7. The summed E-state index contributed by atoms with van der Waals surface area (Å²) >= 11 is 0. The molecule has 5 rings (SSSR count). The Labute approximate surface area is 200 Å². The van der Waals surface area contributed by atoms with Crippen LogP contribution in [0.4, 0.5) is 0 Å². The third-order valence-electron chi connectivity index (χ3n) is 7.22. The van der Waals surface area contributed by atoms with Crippen molar-refractivity contribution < 1.29 is 14.3 Å². The number of nitriles is 1. The maximum Gasteiger partial charge on any atom is 0.168 e. The Balaban J connectivity index is 1.27. The number of ether oxygens (including phenoxy) is 2. The summed E-state index contributed by atoms with van der Waals surface area (Å²) in [6, 6.07) is 14.5. The number of hydrogen-bond acceptors (Lipinski definition) is 5. The van der Waals surface area contributed by atoms with Gasteiger partial charge < -0.3 is 14.0 Å². The fourth-order valence-electron chi connectivity index (χ4n) is 5.17. The second kappa shape index (κ2) is 8.83. The predicted octanol–water partition coefficient (Wildman–Crippen LogP) is 4.99. The van der Waals surface area contributed by atoms with Crippen molar-refractivity contribution in [2.24, 2.45) is 0 Å². The van der Waals surface area contributed by atoms with Crippen molar-refractivity contribution >= 4 is 5.78 Å². The highest BCUT2D eigenvalue weighted by atomic mass is 16.7. The largest absolute Gasteiger partial charge is 0.348 e. The van der Waals surface area contributed by atoms with E-state index < -0.39 is 11.2 Å². The standard InChI is InChI=1S/C28H29N3O3/c1-20-3-5-24(21(2)15-20)31-12-7-23(18-31)25(32)16-22-4-6-26(30-17-22)27(19-29)8-10-28(11-9-27)33-13-14-34-28/h3-7,12,15,17-18H,8-11,13-14,16H2,1-2H3. The molecule has 1 aromatic carbocycles. The van der Waals surface area contributed by atoms with Gasteiger partial charge in [-0.05, 0) is 56.0 Å². The fraction of sp³-hybridized carbons (Fsp3) is 0.393. The number of rotatable bonds is 5. The van der Waals surface area contributed by atoms with Crippen LogP contribution in [0.5, 0.6) is 0 Å². The van der Waals surface area contributed by atoms with Gasteiger partial charge in [0, 0.05) is 49.1 Å². The van der Waals surface area contributed by atoms with Crippen molar-refractivity contribution in [2.75, 3.05) is 13.2 Å². The van der Waals surface area contributed by atoms with E-state index in [1.807, 2.05) is 35.2 Å². The van der Waals surface area contributed by atoms with E-state index in [-0.39, 0.29) is 12.2 Å². The first-order valence-corrected chi connectivity index (χ1v) is 11.9. The highest BCUT2D eigenvalue weighted by Crippen LogP contribution is 2.45. The summed E-state index contributed by atoms with van der Waals surface area (Å²) < 4.78 is 13.6. The molecule has 174 valence electrons. The van der Waals surface area contributed by atoms with Gasteiger partial charge in [0.05, 0.1) is 30.4 Å². The summed E-state index contributed by atoms with van der Waals surface area (Å²) in [5.41, 5.74) is 5.10. The number of Topliss-reactive ketones (excluding diaryl/α,β-unsaturated/α-hetero) is 1. The van der Waals surface area contributed by atoms with E-state index in [2.05, 4.69) is 43.1 Å². The third kappa shape index (κ3) is 4.18. The Morgan fingerprint density at radius 3 is 2.50 bits per heavy atom. The Kier molecular flexibility index (Phi) is 5.85. The molecule has 0 N–H and O–H groups in total. The Bertz CT molecular complexity index is 1240. The van der Waals surface area contributed by atoms with E-state index in [0.717, 1.165) is 16.9 Å². The molecule has 0 radical (unpaired) electrons. The van der Waals surface area contributed by atoms with Gasteiger partial charge in [-0.15, -0.1) is 0 Å². The molecule has 3 aromatic rings. The van der Waals surface area contributed by atoms with Crippen LogP contribution >= 0.6 is 0 Å². The molecule has 3 heterocycles. The van der Waals surface area contributed by atoms with E-state index in [4.69, 9.17) is 9.47 Å². The number of nitrogens with zero attached hydrogens (tertiary/aromatic N) is 3. The molecule has 2 aromatic heterocycles. The molecule has 1 aliphatic carbocycles. The van der Waals surface area contributed by atoms with Gasteiger partial charge in [0.15, 0.2) is 11.6 Å². The van der Waals surface area contributed by atoms with Crippen LogP contribution in [0.25, 0.3) is 5.69 Å². The van der Waals surface area contributed by atoms with Crippen LogP contribution in [0.2, 0.25) is 0 Å². The number of aromatic nitrogens is 2. The summed E-state index contributed by atoms with van der Waals surface area (Å²) in [6.07, 6.45) is 8.52. The van der Waals surface area contributed by atoms with Crippen molar-refractivity contribution in [3.63, 3.8) is 0 Å². The van der Waals surface area contributed by atoms with E-state index in [9.17, 15) is 10.1 Å². The van der Waals surface area contributed by atoms with Gasteiger partial charge in [-0.25, -0.2) is 0 Å². The number of benzene rings is 1. The SMILES string of the molecule is Cc1ccc(-n2ccc(C(=O)Cc3ccc(C4(C#N)CCC5(CC4)OCCO5)nc3)c2)c(C)c1. The van der Waals surface area contributed by atoms with E-state index in [0.29, 0.717) is 44.5 Å². The lowest BCUT2D eigenvalue weighted by Crippen LogP contribution is -2.41. The lowest BCUT2D eigenvalue weighted by atomic mass is 9.70. The van der Waals surface area contributed by atoms with Crippen LogP contribution in [-0.2, 0) is 21.3 Å². The van der Waals surface area contributed by atoms with E-state index >= 15 is 0 Å². The number of aryl methyl sites for hydroxylation is 2. The van der Waals surface area contributed by atoms with Gasteiger partial charge >= 0.3 is 0 Å². The molecule has 2 aliphatic rings. The molecule has 2 fully saturated rings. The van der Waals surface area contributed by atoms with Crippen molar-refractivity contribution in [1.29, 1.82) is 5.26 Å². The van der Waals surface area contributed by atoms with Crippen molar-refractivity contribution in [2.45, 2.75) is 57.2 Å². The minimum Gasteiger partial charge on any atom is -0.348 e. The average Bonchev–Trinajstić information content (AvgIpc) is 3.51. The van der Waals surface area contributed by atoms with E-state index in [1.54, 1.807) is 6.20 Å². The van der Waals surface area contributed by atoms with Crippen LogP contribution in [-0.4, -0.2) is 34.3 Å². The molecule has 0 atom stereocenters. The van der Waals surface area contributed by atoms with Gasteiger partial charge in [0.1, 0.15) is 0 Å². The lowest BCUT2D eigenvalue weighted by molar-refractivity contribution is -0.182. The Hall–Kier alpha value is -3.27. The first kappa shape index (κ1) is 22.5. The van der Waals surface area contributed by atoms with Gasteiger partial charge in [-0.3, -0.25) is 9.78 Å². The average molecular weight is 456 g/mol. The van der Waals surface area contributed by atoms with Crippen molar-refractivity contribution in [3.8, 4) is 11.8 Å². The van der Waals surface area contributed by atoms with Gasteiger partial charge in [0.25, 0.3) is 0 Å². The van der Waals surface area contributed by atoms with E-state index in [1.165, 1.54) is 11.1 Å². The second-order valence-electron chi connectivity index (χ2n) is 9.55. The molecule has 1 spiro atoms. The number of ketones is 1. The number of pyridine rings is 1. The molecular formula is C28H29N3O3. The highest BCUT2D eigenvalue weighted by molar-refractivity contribution is 5.97. The quantitative estimate of drug-likeness (QED) is 0.507. The molecule has 1 saturated heterocycles. The molecule has 1 aliphatic heterocycles. The molecular weight excluding hydrogens is 426 g/mol. The number of carbonyl (C=O) groups is 1. The van der Waals surface area contributed by atoms with Gasteiger partial charge in [0.2, 0.25) is 0 Å². The maximum absolute atomic E-state index is 12.9. The Morgan fingerprint density at radius 2 is 1.85 bits per heavy atom. The van der Waals surface area contributed by atoms with Gasteiger partial charge in [-0.1, -0.05) is 23.8 Å². The van der Waals surface area contributed by atoms with Crippen molar-refractivity contribution in [3.05, 3.63) is 82.9 Å². The monoisotopic (exact) mass is 455 g/mol. The third-order valence-corrected chi connectivity index (χ3v) is 7.22. The second-order valence-corrected chi connectivity index (χ2v) is 9.55. The molecule has 0 amide bonds. The Morgan fingerprint density at radius 1 is 1.09 bits per heavy atom. The normalized spacial score (nSPS) is 18.6. The van der Waals surface area contributed by atoms with Crippen LogP contribution in [0, 0.1) is 25.2 Å². The van der Waals surface area contributed by atoms with Crippen LogP contribution < -0.4 is 0 Å². The zero-order chi connectivity index (χ0) is 23.8. The van der Waals surface area contributed by atoms with Crippen LogP contribution in [0.15, 0.2) is 55.0 Å². The zero-order valence-electron chi connectivity index (χ0n) is 19.7. The number of hydrogen-bond donors (Lipinski definition) is 0. The molecule has 34 heavy (non-hydrogen) atoms. The van der Waals surface area contributed by atoms with Crippen LogP contribution in [0.1, 0.15) is 58.4 Å². The summed E-state index contributed by atoms with van der Waals surface area (Å²) in [4.78, 5) is 17.5. The molecule has 0 bridgehead atoms. The molecule has 6 heteroatoms. The smallest absolute Gasteiger partial charge is 0.168 e. The molecule has 0 unspecified atom stereocenters. The lowest BCUT2D eigenvalue weighted by Gasteiger charge is -2.39. The number of carbonyl (C=O) groups excluding carboxylic acids is 1. The minimum absolute atomic E-state index is 0.0446. The van der Waals surface area contributed by atoms with Crippen molar-refractivity contribution in [1.82, 2.24) is 9.55 Å².